The SMILES string of the molecule is [C-]1=CCCC2=C1C1=[C-]CCC=C1c1cccc3cccc2c13.[Y]. The quantitative estimate of drug-likeness (QED) is 0.526. The van der Waals surface area contributed by atoms with Gasteiger partial charge in [-0.15, -0.1) is 6.08 Å². The molecule has 0 saturated heterocycles. The molecule has 109 valence electrons. The van der Waals surface area contributed by atoms with E-state index >= 15 is 0 Å². The Morgan fingerprint density at radius 2 is 1.74 bits per heavy atom. The van der Waals surface area contributed by atoms with Crippen LogP contribution in [0.2, 0.25) is 0 Å². The van der Waals surface area contributed by atoms with Crippen LogP contribution in [0.4, 0.5) is 0 Å². The largest absolute Gasteiger partial charge is 0.294 e. The summed E-state index contributed by atoms with van der Waals surface area (Å²) in [6.45, 7) is 0. The summed E-state index contributed by atoms with van der Waals surface area (Å²) in [6.07, 6.45) is 16.1. The van der Waals surface area contributed by atoms with Crippen LogP contribution < -0.4 is 0 Å². The van der Waals surface area contributed by atoms with E-state index in [1.54, 1.807) is 0 Å². The van der Waals surface area contributed by atoms with Crippen molar-refractivity contribution in [3.63, 3.8) is 0 Å². The van der Waals surface area contributed by atoms with Gasteiger partial charge >= 0.3 is 0 Å². The van der Waals surface area contributed by atoms with E-state index in [1.807, 2.05) is 0 Å². The van der Waals surface area contributed by atoms with Gasteiger partial charge in [0.25, 0.3) is 0 Å². The second-order valence-corrected chi connectivity index (χ2v) is 6.16. The molecule has 0 bridgehead atoms. The Kier molecular flexibility index (Phi) is 3.99. The summed E-state index contributed by atoms with van der Waals surface area (Å²) in [5.74, 6) is 0. The Morgan fingerprint density at radius 1 is 0.913 bits per heavy atom. The van der Waals surface area contributed by atoms with Gasteiger partial charge in [0, 0.05) is 32.7 Å². The molecule has 0 fully saturated rings. The Bertz CT molecular complexity index is 917. The van der Waals surface area contributed by atoms with Crippen LogP contribution in [0.3, 0.4) is 0 Å². The maximum atomic E-state index is 3.65. The zero-order valence-electron chi connectivity index (χ0n) is 13.0. The number of allylic oxidation sites excluding steroid dienone is 8. The first-order valence-corrected chi connectivity index (χ1v) is 8.09. The number of hydrogen-bond acceptors (Lipinski definition) is 0. The van der Waals surface area contributed by atoms with E-state index in [2.05, 4.69) is 60.7 Å². The van der Waals surface area contributed by atoms with Crippen molar-refractivity contribution >= 4 is 21.9 Å². The Morgan fingerprint density at radius 3 is 2.61 bits per heavy atom. The van der Waals surface area contributed by atoms with Crippen LogP contribution in [0.5, 0.6) is 0 Å². The molecule has 1 radical (unpaired) electrons. The summed E-state index contributed by atoms with van der Waals surface area (Å²) >= 11 is 0. The van der Waals surface area contributed by atoms with Gasteiger partial charge < -0.3 is 0 Å². The number of hydrogen-bond donors (Lipinski definition) is 0. The summed E-state index contributed by atoms with van der Waals surface area (Å²) in [6, 6.07) is 13.4. The number of benzene rings is 2. The molecule has 0 unspecified atom stereocenters. The maximum absolute atomic E-state index is 3.65. The molecule has 0 atom stereocenters. The van der Waals surface area contributed by atoms with Crippen LogP contribution in [-0.2, 0) is 32.7 Å². The maximum Gasteiger partial charge on any atom is 0 e. The fourth-order valence-electron chi connectivity index (χ4n) is 3.99. The average Bonchev–Trinajstić information content (AvgIpc) is 2.72. The van der Waals surface area contributed by atoms with Crippen LogP contribution in [-0.4, -0.2) is 0 Å². The van der Waals surface area contributed by atoms with Gasteiger partial charge in [-0.2, -0.15) is 17.2 Å². The van der Waals surface area contributed by atoms with E-state index in [1.165, 1.54) is 44.2 Å². The summed E-state index contributed by atoms with van der Waals surface area (Å²) in [5.41, 5.74) is 8.13. The van der Waals surface area contributed by atoms with Gasteiger partial charge in [0.05, 0.1) is 0 Å². The number of fused-ring (bicyclic) bond motifs is 4. The first-order valence-electron chi connectivity index (χ1n) is 8.09. The average molecular weight is 369 g/mol. The van der Waals surface area contributed by atoms with E-state index < -0.39 is 0 Å². The fraction of sp³-hybridized carbons (Fsp3) is 0.182. The minimum absolute atomic E-state index is 0. The van der Waals surface area contributed by atoms with Gasteiger partial charge in [-0.05, 0) is 10.8 Å². The van der Waals surface area contributed by atoms with Gasteiger partial charge in [-0.25, -0.2) is 6.08 Å². The van der Waals surface area contributed by atoms with Gasteiger partial charge in [0.2, 0.25) is 0 Å². The Labute approximate surface area is 162 Å². The van der Waals surface area contributed by atoms with Gasteiger partial charge in [-0.3, -0.25) is 17.2 Å². The molecule has 0 nitrogen and oxygen atoms in total. The first-order chi connectivity index (χ1) is 10.9. The molecule has 0 amide bonds. The topological polar surface area (TPSA) is 0 Å². The minimum Gasteiger partial charge on any atom is -0.294 e. The molecule has 0 heterocycles. The molecule has 2 aromatic carbocycles. The molecule has 0 spiro atoms. The monoisotopic (exact) mass is 369 g/mol. The van der Waals surface area contributed by atoms with Crippen molar-refractivity contribution in [1.29, 1.82) is 0 Å². The summed E-state index contributed by atoms with van der Waals surface area (Å²) in [5, 5.41) is 2.75. The molecule has 0 aliphatic heterocycles. The molecule has 2 aromatic rings. The third kappa shape index (κ3) is 2.27. The zero-order valence-corrected chi connectivity index (χ0v) is 15.9. The molecule has 0 N–H and O–H groups in total. The summed E-state index contributed by atoms with van der Waals surface area (Å²) < 4.78 is 0. The van der Waals surface area contributed by atoms with Crippen LogP contribution >= 0.6 is 0 Å². The second kappa shape index (κ2) is 6.00. The third-order valence-electron chi connectivity index (χ3n) is 4.92. The van der Waals surface area contributed by atoms with Crippen molar-refractivity contribution in [3.8, 4) is 0 Å². The van der Waals surface area contributed by atoms with Crippen molar-refractivity contribution in [2.24, 2.45) is 0 Å². The number of rotatable bonds is 0. The second-order valence-electron chi connectivity index (χ2n) is 6.16. The Hall–Kier alpha value is -1.24. The first kappa shape index (κ1) is 15.3. The van der Waals surface area contributed by atoms with E-state index in [4.69, 9.17) is 0 Å². The fourth-order valence-corrected chi connectivity index (χ4v) is 3.99. The smallest absolute Gasteiger partial charge is 0 e. The summed E-state index contributed by atoms with van der Waals surface area (Å²) in [4.78, 5) is 0. The molecular weight excluding hydrogens is 353 g/mol. The van der Waals surface area contributed by atoms with Crippen LogP contribution in [0, 0.1) is 12.2 Å². The van der Waals surface area contributed by atoms with E-state index in [0.29, 0.717) is 0 Å². The standard InChI is InChI=1S/C22H16.Y/c1-3-11-18-16(9-1)17-10-2-4-12-19(17)21-14-6-8-15-7-5-13-20(18)22(15)21;/h1,5-8,12-14H,2-4,11H2;/q-2;. The van der Waals surface area contributed by atoms with Gasteiger partial charge in [-0.1, -0.05) is 73.2 Å². The molecule has 1 heteroatoms. The normalized spacial score (nSPS) is 18.4. The van der Waals surface area contributed by atoms with E-state index in [9.17, 15) is 0 Å². The third-order valence-corrected chi connectivity index (χ3v) is 4.92. The van der Waals surface area contributed by atoms with Gasteiger partial charge in [0.15, 0.2) is 0 Å². The van der Waals surface area contributed by atoms with Crippen molar-refractivity contribution in [2.45, 2.75) is 25.7 Å². The molecule has 0 saturated carbocycles. The predicted molar refractivity (Wildman–Crippen MR) is 91.9 cm³/mol. The minimum atomic E-state index is 0. The van der Waals surface area contributed by atoms with E-state index in [0.717, 1.165) is 25.7 Å². The van der Waals surface area contributed by atoms with Crippen molar-refractivity contribution in [3.05, 3.63) is 83.0 Å². The van der Waals surface area contributed by atoms with Crippen molar-refractivity contribution < 1.29 is 32.7 Å². The molecule has 23 heavy (non-hydrogen) atoms. The predicted octanol–water partition coefficient (Wildman–Crippen LogP) is 5.66. The van der Waals surface area contributed by atoms with Crippen LogP contribution in [0.1, 0.15) is 36.8 Å². The summed E-state index contributed by atoms with van der Waals surface area (Å²) in [7, 11) is 0. The van der Waals surface area contributed by atoms with Crippen LogP contribution in [0.25, 0.3) is 21.9 Å². The molecule has 3 aliphatic rings. The van der Waals surface area contributed by atoms with Gasteiger partial charge in [0.1, 0.15) is 0 Å². The van der Waals surface area contributed by atoms with Crippen molar-refractivity contribution in [2.75, 3.05) is 0 Å². The molecule has 5 rings (SSSR count). The molecule has 3 aliphatic carbocycles. The van der Waals surface area contributed by atoms with E-state index in [-0.39, 0.29) is 32.7 Å². The molecular formula is C22H16Y-2. The van der Waals surface area contributed by atoms with Crippen molar-refractivity contribution in [1.82, 2.24) is 0 Å². The Balaban J connectivity index is 0.00000135. The van der Waals surface area contributed by atoms with Crippen LogP contribution in [0.15, 0.2) is 59.7 Å². The zero-order chi connectivity index (χ0) is 14.5. The molecule has 0 aromatic heterocycles.